The van der Waals surface area contributed by atoms with Gasteiger partial charge < -0.3 is 10.4 Å². The summed E-state index contributed by atoms with van der Waals surface area (Å²) in [7, 11) is 0. The number of nitrogens with one attached hydrogen (secondary N) is 1. The standard InChI is InChI=1S/C11H15NO3S2/c1-8(13)12-10(11(14)15)3-5-17-7-9-2-4-16-6-9/h2,4,6,10H,3,5,7H2,1H3,(H,12,13)(H,14,15). The van der Waals surface area contributed by atoms with Crippen LogP contribution in [-0.2, 0) is 15.3 Å². The maximum Gasteiger partial charge on any atom is 0.326 e. The summed E-state index contributed by atoms with van der Waals surface area (Å²) >= 11 is 3.33. The average Bonchev–Trinajstić information content (AvgIpc) is 2.74. The molecule has 0 spiro atoms. The molecule has 6 heteroatoms. The fourth-order valence-corrected chi connectivity index (χ4v) is 3.00. The molecule has 4 nitrogen and oxygen atoms in total. The van der Waals surface area contributed by atoms with Crippen LogP contribution < -0.4 is 5.32 Å². The first-order valence-electron chi connectivity index (χ1n) is 5.18. The molecule has 1 unspecified atom stereocenters. The second kappa shape index (κ2) is 7.34. The molecule has 1 heterocycles. The smallest absolute Gasteiger partial charge is 0.326 e. The van der Waals surface area contributed by atoms with Crippen LogP contribution in [0.4, 0.5) is 0 Å². The van der Waals surface area contributed by atoms with E-state index in [-0.39, 0.29) is 5.91 Å². The lowest BCUT2D eigenvalue weighted by atomic mass is 10.2. The van der Waals surface area contributed by atoms with E-state index in [0.29, 0.717) is 12.2 Å². The van der Waals surface area contributed by atoms with Gasteiger partial charge in [-0.15, -0.1) is 0 Å². The molecule has 0 bridgehead atoms. The van der Waals surface area contributed by atoms with Crippen molar-refractivity contribution in [2.24, 2.45) is 0 Å². The summed E-state index contributed by atoms with van der Waals surface area (Å²) in [6.45, 7) is 1.33. The number of carbonyl (C=O) groups excluding carboxylic acids is 1. The lowest BCUT2D eigenvalue weighted by molar-refractivity contribution is -0.141. The van der Waals surface area contributed by atoms with Crippen molar-refractivity contribution in [1.29, 1.82) is 0 Å². The topological polar surface area (TPSA) is 66.4 Å². The van der Waals surface area contributed by atoms with Gasteiger partial charge in [0.1, 0.15) is 6.04 Å². The van der Waals surface area contributed by atoms with Crippen molar-refractivity contribution < 1.29 is 14.7 Å². The molecule has 1 rings (SSSR count). The average molecular weight is 273 g/mol. The predicted octanol–water partition coefficient (Wildman–Crippen LogP) is 1.96. The third-order valence-corrected chi connectivity index (χ3v) is 3.87. The van der Waals surface area contributed by atoms with Crippen molar-refractivity contribution in [2.45, 2.75) is 25.1 Å². The number of hydrogen-bond donors (Lipinski definition) is 2. The van der Waals surface area contributed by atoms with Gasteiger partial charge in [-0.1, -0.05) is 0 Å². The lowest BCUT2D eigenvalue weighted by Crippen LogP contribution is -2.39. The number of carbonyl (C=O) groups is 2. The summed E-state index contributed by atoms with van der Waals surface area (Å²) in [6, 6.07) is 1.28. The molecule has 1 atom stereocenters. The van der Waals surface area contributed by atoms with Gasteiger partial charge in [0.25, 0.3) is 0 Å². The highest BCUT2D eigenvalue weighted by molar-refractivity contribution is 7.98. The van der Waals surface area contributed by atoms with Gasteiger partial charge in [0.05, 0.1) is 0 Å². The van der Waals surface area contributed by atoms with Crippen LogP contribution in [0.2, 0.25) is 0 Å². The Labute approximate surface area is 108 Å². The van der Waals surface area contributed by atoms with Crippen molar-refractivity contribution in [1.82, 2.24) is 5.32 Å². The van der Waals surface area contributed by atoms with Crippen molar-refractivity contribution in [3.8, 4) is 0 Å². The Bertz CT molecular complexity index is 365. The van der Waals surface area contributed by atoms with Crippen LogP contribution in [0.5, 0.6) is 0 Å². The van der Waals surface area contributed by atoms with Crippen molar-refractivity contribution in [2.75, 3.05) is 5.75 Å². The van der Waals surface area contributed by atoms with Crippen LogP contribution >= 0.6 is 23.1 Å². The molecule has 0 saturated carbocycles. The molecule has 0 fully saturated rings. The number of amides is 1. The normalized spacial score (nSPS) is 12.1. The minimum atomic E-state index is -0.976. The summed E-state index contributed by atoms with van der Waals surface area (Å²) < 4.78 is 0. The van der Waals surface area contributed by atoms with Crippen molar-refractivity contribution >= 4 is 35.0 Å². The molecular weight excluding hydrogens is 258 g/mol. The molecule has 0 aliphatic rings. The Morgan fingerprint density at radius 3 is 2.88 bits per heavy atom. The fraction of sp³-hybridized carbons (Fsp3) is 0.455. The quantitative estimate of drug-likeness (QED) is 0.745. The molecule has 0 aromatic carbocycles. The Morgan fingerprint density at radius 2 is 2.35 bits per heavy atom. The highest BCUT2D eigenvalue weighted by Crippen LogP contribution is 2.16. The maximum atomic E-state index is 10.8. The van der Waals surface area contributed by atoms with E-state index in [1.54, 1.807) is 23.1 Å². The zero-order valence-electron chi connectivity index (χ0n) is 9.51. The fourth-order valence-electron chi connectivity index (χ4n) is 1.27. The van der Waals surface area contributed by atoms with Crippen molar-refractivity contribution in [3.63, 3.8) is 0 Å². The Hall–Kier alpha value is -1.01. The summed E-state index contributed by atoms with van der Waals surface area (Å²) in [5, 5.41) is 15.4. The second-order valence-electron chi connectivity index (χ2n) is 3.56. The van der Waals surface area contributed by atoms with E-state index in [0.717, 1.165) is 5.75 Å². The van der Waals surface area contributed by atoms with Gasteiger partial charge in [0, 0.05) is 12.7 Å². The molecule has 94 valence electrons. The van der Waals surface area contributed by atoms with Crippen LogP contribution in [-0.4, -0.2) is 28.8 Å². The van der Waals surface area contributed by atoms with Gasteiger partial charge in [0.2, 0.25) is 5.91 Å². The lowest BCUT2D eigenvalue weighted by Gasteiger charge is -2.12. The highest BCUT2D eigenvalue weighted by atomic mass is 32.2. The SMILES string of the molecule is CC(=O)NC(CCSCc1ccsc1)C(=O)O. The van der Waals surface area contributed by atoms with E-state index in [1.807, 2.05) is 5.38 Å². The Balaban J connectivity index is 2.23. The number of carboxylic acid groups (broad SMARTS) is 1. The zero-order valence-corrected chi connectivity index (χ0v) is 11.1. The number of hydrogen-bond acceptors (Lipinski definition) is 4. The van der Waals surface area contributed by atoms with E-state index in [2.05, 4.69) is 16.8 Å². The third kappa shape index (κ3) is 5.74. The molecule has 17 heavy (non-hydrogen) atoms. The van der Waals surface area contributed by atoms with Gasteiger partial charge >= 0.3 is 5.97 Å². The van der Waals surface area contributed by atoms with Crippen LogP contribution in [0, 0.1) is 0 Å². The monoisotopic (exact) mass is 273 g/mol. The van der Waals surface area contributed by atoms with Gasteiger partial charge in [-0.2, -0.15) is 23.1 Å². The summed E-state index contributed by atoms with van der Waals surface area (Å²) in [5.41, 5.74) is 1.26. The van der Waals surface area contributed by atoms with E-state index >= 15 is 0 Å². The molecule has 0 radical (unpaired) electrons. The number of thiophene rings is 1. The van der Waals surface area contributed by atoms with Gasteiger partial charge in [-0.05, 0) is 34.6 Å². The molecule has 1 amide bonds. The van der Waals surface area contributed by atoms with E-state index in [9.17, 15) is 9.59 Å². The van der Waals surface area contributed by atoms with Crippen LogP contribution in [0.15, 0.2) is 16.8 Å². The molecule has 0 aliphatic heterocycles. The molecule has 2 N–H and O–H groups in total. The first kappa shape index (κ1) is 14.1. The molecule has 0 saturated heterocycles. The maximum absolute atomic E-state index is 10.8. The van der Waals surface area contributed by atoms with E-state index in [1.165, 1.54) is 12.5 Å². The van der Waals surface area contributed by atoms with E-state index in [4.69, 9.17) is 5.11 Å². The first-order chi connectivity index (χ1) is 8.09. The van der Waals surface area contributed by atoms with E-state index < -0.39 is 12.0 Å². The number of rotatable bonds is 7. The summed E-state index contributed by atoms with van der Waals surface area (Å²) in [4.78, 5) is 21.6. The summed E-state index contributed by atoms with van der Waals surface area (Å²) in [5.74, 6) is 0.319. The Morgan fingerprint density at radius 1 is 1.59 bits per heavy atom. The van der Waals surface area contributed by atoms with Crippen LogP contribution in [0.25, 0.3) is 0 Å². The number of carboxylic acids is 1. The minimum Gasteiger partial charge on any atom is -0.480 e. The second-order valence-corrected chi connectivity index (χ2v) is 5.45. The first-order valence-corrected chi connectivity index (χ1v) is 7.28. The number of aliphatic carboxylic acids is 1. The molecule has 1 aromatic heterocycles. The number of thioether (sulfide) groups is 1. The third-order valence-electron chi connectivity index (χ3n) is 2.08. The molecule has 0 aliphatic carbocycles. The molecular formula is C11H15NO3S2. The van der Waals surface area contributed by atoms with Crippen LogP contribution in [0.1, 0.15) is 18.9 Å². The predicted molar refractivity (Wildman–Crippen MR) is 70.3 cm³/mol. The van der Waals surface area contributed by atoms with Gasteiger partial charge in [0.15, 0.2) is 0 Å². The van der Waals surface area contributed by atoms with Crippen LogP contribution in [0.3, 0.4) is 0 Å². The van der Waals surface area contributed by atoms with Crippen molar-refractivity contribution in [3.05, 3.63) is 22.4 Å². The van der Waals surface area contributed by atoms with Gasteiger partial charge in [-0.25, -0.2) is 4.79 Å². The highest BCUT2D eigenvalue weighted by Gasteiger charge is 2.17. The largest absolute Gasteiger partial charge is 0.480 e. The zero-order chi connectivity index (χ0) is 12.7. The minimum absolute atomic E-state index is 0.305. The van der Waals surface area contributed by atoms with Gasteiger partial charge in [-0.3, -0.25) is 4.79 Å². The molecule has 1 aromatic rings. The summed E-state index contributed by atoms with van der Waals surface area (Å²) in [6.07, 6.45) is 0.448. The Kier molecular flexibility index (Phi) is 6.07.